The van der Waals surface area contributed by atoms with E-state index in [-0.39, 0.29) is 12.0 Å². The summed E-state index contributed by atoms with van der Waals surface area (Å²) in [6.45, 7) is 5.54. The van der Waals surface area contributed by atoms with E-state index in [4.69, 9.17) is 15.2 Å². The number of likely N-dealkylation sites (N-methyl/N-ethyl adjacent to an activating group) is 1. The highest BCUT2D eigenvalue weighted by Gasteiger charge is 2.33. The zero-order chi connectivity index (χ0) is 13.8. The largest absolute Gasteiger partial charge is 0.468 e. The summed E-state index contributed by atoms with van der Waals surface area (Å²) in [6.07, 6.45) is 3.15. The molecule has 2 N–H and O–H groups in total. The summed E-state index contributed by atoms with van der Waals surface area (Å²) in [5.41, 5.74) is 5.05. The van der Waals surface area contributed by atoms with Gasteiger partial charge in [-0.3, -0.25) is 4.79 Å². The predicted molar refractivity (Wildman–Crippen MR) is 70.3 cm³/mol. The van der Waals surface area contributed by atoms with Crippen LogP contribution in [0, 0.1) is 0 Å². The summed E-state index contributed by atoms with van der Waals surface area (Å²) >= 11 is 0. The molecular weight excluding hydrogens is 232 g/mol. The Morgan fingerprint density at radius 3 is 2.83 bits per heavy atom. The molecule has 1 aliphatic rings. The van der Waals surface area contributed by atoms with Gasteiger partial charge in [-0.15, -0.1) is 0 Å². The quantitative estimate of drug-likeness (QED) is 0.713. The van der Waals surface area contributed by atoms with Crippen molar-refractivity contribution in [3.8, 4) is 0 Å². The number of ether oxygens (including phenoxy) is 2. The molecule has 5 nitrogen and oxygen atoms in total. The second-order valence-corrected chi connectivity index (χ2v) is 5.54. The van der Waals surface area contributed by atoms with E-state index in [1.54, 1.807) is 6.92 Å². The lowest BCUT2D eigenvalue weighted by molar-refractivity contribution is -0.147. The number of carbonyl (C=O) groups is 1. The van der Waals surface area contributed by atoms with Crippen LogP contribution in [0.1, 0.15) is 33.1 Å². The minimum absolute atomic E-state index is 0.211. The van der Waals surface area contributed by atoms with Gasteiger partial charge in [0.05, 0.1) is 13.2 Å². The van der Waals surface area contributed by atoms with Crippen LogP contribution in [0.15, 0.2) is 0 Å². The maximum Gasteiger partial charge on any atom is 0.325 e. The summed E-state index contributed by atoms with van der Waals surface area (Å²) < 4.78 is 10.3. The lowest BCUT2D eigenvalue weighted by Gasteiger charge is -2.32. The van der Waals surface area contributed by atoms with Crippen molar-refractivity contribution in [1.29, 1.82) is 0 Å². The molecule has 0 saturated carbocycles. The first-order valence-corrected chi connectivity index (χ1v) is 6.56. The van der Waals surface area contributed by atoms with Crippen molar-refractivity contribution in [2.45, 2.75) is 50.8 Å². The highest BCUT2D eigenvalue weighted by Crippen LogP contribution is 2.18. The molecule has 0 aliphatic carbocycles. The molecule has 1 rings (SSSR count). The van der Waals surface area contributed by atoms with Gasteiger partial charge >= 0.3 is 5.97 Å². The fraction of sp³-hybridized carbons (Fsp3) is 0.923. The van der Waals surface area contributed by atoms with Gasteiger partial charge in [0.2, 0.25) is 0 Å². The number of rotatable bonds is 6. The Balaban J connectivity index is 2.42. The molecule has 18 heavy (non-hydrogen) atoms. The topological polar surface area (TPSA) is 64.8 Å². The molecule has 1 saturated heterocycles. The Labute approximate surface area is 110 Å². The Morgan fingerprint density at radius 1 is 1.67 bits per heavy atom. The Hall–Kier alpha value is -0.650. The van der Waals surface area contributed by atoms with Crippen molar-refractivity contribution < 1.29 is 14.3 Å². The first kappa shape index (κ1) is 15.4. The molecule has 106 valence electrons. The molecule has 0 aromatic heterocycles. The zero-order valence-electron chi connectivity index (χ0n) is 11.9. The second kappa shape index (κ2) is 6.50. The Bertz CT molecular complexity index is 275. The average Bonchev–Trinajstić information content (AvgIpc) is 2.79. The maximum atomic E-state index is 11.5. The third kappa shape index (κ3) is 4.23. The smallest absolute Gasteiger partial charge is 0.325 e. The van der Waals surface area contributed by atoms with E-state index < -0.39 is 5.54 Å². The van der Waals surface area contributed by atoms with Crippen molar-refractivity contribution in [3.05, 3.63) is 0 Å². The van der Waals surface area contributed by atoms with Gasteiger partial charge in [0.25, 0.3) is 0 Å². The molecule has 0 spiro atoms. The van der Waals surface area contributed by atoms with Crippen LogP contribution in [0.25, 0.3) is 0 Å². The fourth-order valence-corrected chi connectivity index (χ4v) is 2.38. The zero-order valence-corrected chi connectivity index (χ0v) is 11.9. The Morgan fingerprint density at radius 2 is 2.33 bits per heavy atom. The van der Waals surface area contributed by atoms with Crippen LogP contribution in [-0.2, 0) is 14.3 Å². The molecule has 0 bridgehead atoms. The van der Waals surface area contributed by atoms with Crippen LogP contribution in [0.5, 0.6) is 0 Å². The number of hydrogen-bond donors (Lipinski definition) is 1. The van der Waals surface area contributed by atoms with Crippen molar-refractivity contribution in [1.82, 2.24) is 4.90 Å². The third-order valence-electron chi connectivity index (χ3n) is 3.64. The normalized spacial score (nSPS) is 24.9. The summed E-state index contributed by atoms with van der Waals surface area (Å²) in [4.78, 5) is 13.7. The first-order valence-electron chi connectivity index (χ1n) is 6.56. The van der Waals surface area contributed by atoms with Crippen LogP contribution in [0.2, 0.25) is 0 Å². The van der Waals surface area contributed by atoms with Gasteiger partial charge in [0.1, 0.15) is 5.54 Å². The average molecular weight is 258 g/mol. The van der Waals surface area contributed by atoms with Crippen molar-refractivity contribution in [2.24, 2.45) is 5.73 Å². The molecule has 5 heteroatoms. The van der Waals surface area contributed by atoms with E-state index in [0.717, 1.165) is 26.0 Å². The van der Waals surface area contributed by atoms with Crippen LogP contribution in [-0.4, -0.2) is 55.9 Å². The summed E-state index contributed by atoms with van der Waals surface area (Å²) in [6, 6.07) is 0.211. The van der Waals surface area contributed by atoms with Gasteiger partial charge in [-0.05, 0) is 40.2 Å². The van der Waals surface area contributed by atoms with Gasteiger partial charge in [0, 0.05) is 19.2 Å². The van der Waals surface area contributed by atoms with E-state index in [9.17, 15) is 4.79 Å². The van der Waals surface area contributed by atoms with E-state index in [2.05, 4.69) is 11.8 Å². The number of esters is 1. The highest BCUT2D eigenvalue weighted by atomic mass is 16.5. The number of methoxy groups -OCH3 is 1. The monoisotopic (exact) mass is 258 g/mol. The molecule has 3 unspecified atom stereocenters. The minimum Gasteiger partial charge on any atom is -0.468 e. The molecule has 1 fully saturated rings. The Kier molecular flexibility index (Phi) is 5.56. The number of nitrogens with zero attached hydrogens (tertiary/aromatic N) is 1. The molecule has 0 radical (unpaired) electrons. The molecule has 1 heterocycles. The minimum atomic E-state index is -0.932. The summed E-state index contributed by atoms with van der Waals surface area (Å²) in [7, 11) is 3.41. The molecule has 3 atom stereocenters. The highest BCUT2D eigenvalue weighted by molar-refractivity contribution is 5.79. The van der Waals surface area contributed by atoms with Crippen LogP contribution < -0.4 is 5.73 Å². The SMILES string of the molecule is COC(=O)C(C)(N)CC(C)N(C)CC1CCCO1. The van der Waals surface area contributed by atoms with E-state index in [0.29, 0.717) is 12.5 Å². The molecular formula is C13H26N2O3. The maximum absolute atomic E-state index is 11.5. The van der Waals surface area contributed by atoms with Crippen molar-refractivity contribution >= 4 is 5.97 Å². The number of hydrogen-bond acceptors (Lipinski definition) is 5. The van der Waals surface area contributed by atoms with Gasteiger partial charge in [-0.2, -0.15) is 0 Å². The van der Waals surface area contributed by atoms with Gasteiger partial charge in [0.15, 0.2) is 0 Å². The van der Waals surface area contributed by atoms with Gasteiger partial charge in [-0.1, -0.05) is 0 Å². The lowest BCUT2D eigenvalue weighted by atomic mass is 9.94. The molecule has 1 aliphatic heterocycles. The fourth-order valence-electron chi connectivity index (χ4n) is 2.38. The molecule has 0 aromatic rings. The summed E-state index contributed by atoms with van der Waals surface area (Å²) in [5, 5.41) is 0. The van der Waals surface area contributed by atoms with Crippen LogP contribution in [0.3, 0.4) is 0 Å². The van der Waals surface area contributed by atoms with E-state index in [1.807, 2.05) is 7.05 Å². The van der Waals surface area contributed by atoms with Gasteiger partial charge in [-0.25, -0.2) is 0 Å². The van der Waals surface area contributed by atoms with Crippen molar-refractivity contribution in [3.63, 3.8) is 0 Å². The van der Waals surface area contributed by atoms with E-state index in [1.165, 1.54) is 7.11 Å². The van der Waals surface area contributed by atoms with Crippen LogP contribution in [0.4, 0.5) is 0 Å². The lowest BCUT2D eigenvalue weighted by Crippen LogP contribution is -2.51. The standard InChI is InChI=1S/C13H26N2O3/c1-10(8-13(2,14)12(16)17-4)15(3)9-11-6-5-7-18-11/h10-11H,5-9,14H2,1-4H3. The second-order valence-electron chi connectivity index (χ2n) is 5.54. The predicted octanol–water partition coefficient (Wildman–Crippen LogP) is 0.766. The van der Waals surface area contributed by atoms with Gasteiger partial charge < -0.3 is 20.1 Å². The first-order chi connectivity index (χ1) is 8.36. The summed E-state index contributed by atoms with van der Waals surface area (Å²) in [5.74, 6) is -0.361. The number of nitrogens with two attached hydrogens (primary N) is 1. The third-order valence-corrected chi connectivity index (χ3v) is 3.64. The van der Waals surface area contributed by atoms with Crippen LogP contribution >= 0.6 is 0 Å². The van der Waals surface area contributed by atoms with Crippen molar-refractivity contribution in [2.75, 3.05) is 27.3 Å². The molecule has 0 aromatic carbocycles. The molecule has 0 amide bonds. The number of carbonyl (C=O) groups excluding carboxylic acids is 1. The van der Waals surface area contributed by atoms with E-state index >= 15 is 0 Å².